The molecule has 4 nitrogen and oxygen atoms in total. The first-order valence-corrected chi connectivity index (χ1v) is 5.83. The number of hydrogen-bond donors (Lipinski definition) is 2. The van der Waals surface area contributed by atoms with Gasteiger partial charge in [0, 0.05) is 32.6 Å². The van der Waals surface area contributed by atoms with E-state index in [1.165, 1.54) is 12.0 Å². The van der Waals surface area contributed by atoms with Gasteiger partial charge in [0.1, 0.15) is 0 Å². The minimum atomic E-state index is 0.813. The molecule has 0 bridgehead atoms. The Morgan fingerprint density at radius 3 is 3.00 bits per heavy atom. The van der Waals surface area contributed by atoms with Crippen molar-refractivity contribution in [3.05, 3.63) is 24.0 Å². The van der Waals surface area contributed by atoms with Gasteiger partial charge in [0.25, 0.3) is 0 Å². The molecule has 0 aliphatic rings. The summed E-state index contributed by atoms with van der Waals surface area (Å²) in [6.07, 6.45) is 5.15. The molecule has 92 valence electrons. The van der Waals surface area contributed by atoms with Crippen molar-refractivity contribution in [2.24, 2.45) is 0 Å². The molecule has 16 heavy (non-hydrogen) atoms. The van der Waals surface area contributed by atoms with Crippen molar-refractivity contribution in [1.82, 2.24) is 15.2 Å². The van der Waals surface area contributed by atoms with Crippen LogP contribution in [0.3, 0.4) is 0 Å². The van der Waals surface area contributed by atoms with Gasteiger partial charge in [-0.1, -0.05) is 0 Å². The van der Waals surface area contributed by atoms with Crippen LogP contribution in [-0.2, 0) is 11.3 Å². The number of methoxy groups -OCH3 is 1. The number of nitrogens with zero attached hydrogens (tertiary/aromatic N) is 1. The van der Waals surface area contributed by atoms with E-state index in [2.05, 4.69) is 28.3 Å². The number of aromatic nitrogens is 1. The number of H-pyrrole nitrogens is 1. The molecule has 1 aromatic rings. The van der Waals surface area contributed by atoms with Crippen LogP contribution in [0, 0.1) is 0 Å². The van der Waals surface area contributed by atoms with Crippen molar-refractivity contribution >= 4 is 0 Å². The van der Waals surface area contributed by atoms with Gasteiger partial charge >= 0.3 is 0 Å². The van der Waals surface area contributed by atoms with E-state index in [1.807, 2.05) is 12.4 Å². The second-order valence-electron chi connectivity index (χ2n) is 4.05. The molecule has 0 saturated heterocycles. The first-order valence-electron chi connectivity index (χ1n) is 5.83. The second-order valence-corrected chi connectivity index (χ2v) is 4.05. The van der Waals surface area contributed by atoms with Crippen LogP contribution in [0.1, 0.15) is 12.0 Å². The molecule has 1 aromatic heterocycles. The fourth-order valence-electron chi connectivity index (χ4n) is 1.53. The van der Waals surface area contributed by atoms with E-state index < -0.39 is 0 Å². The van der Waals surface area contributed by atoms with Crippen LogP contribution in [0.5, 0.6) is 0 Å². The van der Waals surface area contributed by atoms with Crippen LogP contribution in [-0.4, -0.2) is 50.3 Å². The highest BCUT2D eigenvalue weighted by atomic mass is 16.5. The maximum atomic E-state index is 5.03. The lowest BCUT2D eigenvalue weighted by Crippen LogP contribution is -2.26. The normalized spacial score (nSPS) is 11.2. The van der Waals surface area contributed by atoms with Gasteiger partial charge in [-0.3, -0.25) is 0 Å². The van der Waals surface area contributed by atoms with E-state index in [9.17, 15) is 0 Å². The first kappa shape index (κ1) is 13.2. The van der Waals surface area contributed by atoms with Crippen LogP contribution >= 0.6 is 0 Å². The molecule has 0 fully saturated rings. The Labute approximate surface area is 98.0 Å². The summed E-state index contributed by atoms with van der Waals surface area (Å²) in [6, 6.07) is 2.09. The molecule has 0 atom stereocenters. The lowest BCUT2D eigenvalue weighted by atomic mass is 10.3. The summed E-state index contributed by atoms with van der Waals surface area (Å²) in [6.45, 7) is 4.94. The summed E-state index contributed by atoms with van der Waals surface area (Å²) in [5, 5.41) is 3.42. The minimum absolute atomic E-state index is 0.813. The van der Waals surface area contributed by atoms with Crippen LogP contribution < -0.4 is 5.32 Å². The number of ether oxygens (including phenoxy) is 1. The molecule has 4 heteroatoms. The Balaban J connectivity index is 1.91. The third-order valence-corrected chi connectivity index (χ3v) is 2.56. The highest BCUT2D eigenvalue weighted by Gasteiger charge is 1.97. The van der Waals surface area contributed by atoms with E-state index in [0.29, 0.717) is 0 Å². The Bertz CT molecular complexity index is 249. The van der Waals surface area contributed by atoms with Crippen molar-refractivity contribution in [3.63, 3.8) is 0 Å². The number of hydrogen-bond acceptors (Lipinski definition) is 3. The molecule has 0 amide bonds. The maximum absolute atomic E-state index is 5.03. The lowest BCUT2D eigenvalue weighted by Gasteiger charge is -2.15. The summed E-state index contributed by atoms with van der Waals surface area (Å²) in [5.74, 6) is 0. The standard InChI is InChI=1S/C12H23N3O/c1-15(8-9-16-2)7-3-5-13-10-12-4-6-14-11-12/h4,6,11,13-14H,3,5,7-10H2,1-2H3. The molecular formula is C12H23N3O. The molecule has 0 unspecified atom stereocenters. The molecule has 0 aliphatic heterocycles. The lowest BCUT2D eigenvalue weighted by molar-refractivity contribution is 0.160. The SMILES string of the molecule is COCCN(C)CCCNCc1cc[nH]c1. The molecular weight excluding hydrogens is 202 g/mol. The summed E-state index contributed by atoms with van der Waals surface area (Å²) >= 11 is 0. The van der Waals surface area contributed by atoms with Crippen LogP contribution in [0.2, 0.25) is 0 Å². The topological polar surface area (TPSA) is 40.3 Å². The number of rotatable bonds is 9. The molecule has 2 N–H and O–H groups in total. The number of likely N-dealkylation sites (N-methyl/N-ethyl adjacent to an activating group) is 1. The van der Waals surface area contributed by atoms with Gasteiger partial charge in [0.15, 0.2) is 0 Å². The monoisotopic (exact) mass is 225 g/mol. The summed E-state index contributed by atoms with van der Waals surface area (Å²) in [7, 11) is 3.87. The fraction of sp³-hybridized carbons (Fsp3) is 0.667. The molecule has 0 saturated carbocycles. The molecule has 1 heterocycles. The summed E-state index contributed by atoms with van der Waals surface area (Å²) < 4.78 is 5.03. The average Bonchev–Trinajstić information content (AvgIpc) is 2.79. The predicted octanol–water partition coefficient (Wildman–Crippen LogP) is 1.07. The maximum Gasteiger partial charge on any atom is 0.0589 e. The zero-order valence-electron chi connectivity index (χ0n) is 10.3. The Kier molecular flexibility index (Phi) is 6.88. The number of aromatic amines is 1. The van der Waals surface area contributed by atoms with Crippen molar-refractivity contribution in [1.29, 1.82) is 0 Å². The van der Waals surface area contributed by atoms with Crippen molar-refractivity contribution < 1.29 is 4.74 Å². The van der Waals surface area contributed by atoms with Crippen LogP contribution in [0.4, 0.5) is 0 Å². The van der Waals surface area contributed by atoms with E-state index in [4.69, 9.17) is 4.74 Å². The zero-order chi connectivity index (χ0) is 11.6. The summed E-state index contributed by atoms with van der Waals surface area (Å²) in [5.41, 5.74) is 1.31. The quantitative estimate of drug-likeness (QED) is 0.618. The van der Waals surface area contributed by atoms with Crippen molar-refractivity contribution in [2.75, 3.05) is 40.4 Å². The molecule has 0 aliphatic carbocycles. The average molecular weight is 225 g/mol. The van der Waals surface area contributed by atoms with E-state index in [0.717, 1.165) is 32.8 Å². The smallest absolute Gasteiger partial charge is 0.0589 e. The zero-order valence-corrected chi connectivity index (χ0v) is 10.3. The highest BCUT2D eigenvalue weighted by Crippen LogP contribution is 1.95. The minimum Gasteiger partial charge on any atom is -0.383 e. The third kappa shape index (κ3) is 5.90. The fourth-order valence-corrected chi connectivity index (χ4v) is 1.53. The first-order chi connectivity index (χ1) is 7.83. The van der Waals surface area contributed by atoms with Gasteiger partial charge in [-0.05, 0) is 38.2 Å². The van der Waals surface area contributed by atoms with Gasteiger partial charge in [-0.2, -0.15) is 0 Å². The third-order valence-electron chi connectivity index (χ3n) is 2.56. The Morgan fingerprint density at radius 1 is 1.44 bits per heavy atom. The van der Waals surface area contributed by atoms with Crippen molar-refractivity contribution in [2.45, 2.75) is 13.0 Å². The number of nitrogens with one attached hydrogen (secondary N) is 2. The van der Waals surface area contributed by atoms with Gasteiger partial charge in [-0.25, -0.2) is 0 Å². The highest BCUT2D eigenvalue weighted by molar-refractivity contribution is 5.07. The van der Waals surface area contributed by atoms with Gasteiger partial charge in [-0.15, -0.1) is 0 Å². The molecule has 1 rings (SSSR count). The van der Waals surface area contributed by atoms with E-state index in [1.54, 1.807) is 7.11 Å². The van der Waals surface area contributed by atoms with Gasteiger partial charge in [0.2, 0.25) is 0 Å². The van der Waals surface area contributed by atoms with Gasteiger partial charge < -0.3 is 19.9 Å². The Hall–Kier alpha value is -0.840. The van der Waals surface area contributed by atoms with Crippen LogP contribution in [0.25, 0.3) is 0 Å². The van der Waals surface area contributed by atoms with Crippen molar-refractivity contribution in [3.8, 4) is 0 Å². The molecule has 0 aromatic carbocycles. The van der Waals surface area contributed by atoms with Crippen LogP contribution in [0.15, 0.2) is 18.5 Å². The Morgan fingerprint density at radius 2 is 2.31 bits per heavy atom. The summed E-state index contributed by atoms with van der Waals surface area (Å²) in [4.78, 5) is 5.34. The van der Waals surface area contributed by atoms with E-state index >= 15 is 0 Å². The van der Waals surface area contributed by atoms with Gasteiger partial charge in [0.05, 0.1) is 6.61 Å². The molecule has 0 spiro atoms. The largest absolute Gasteiger partial charge is 0.383 e. The molecule has 0 radical (unpaired) electrons. The van der Waals surface area contributed by atoms with E-state index in [-0.39, 0.29) is 0 Å². The predicted molar refractivity (Wildman–Crippen MR) is 66.5 cm³/mol. The second kappa shape index (κ2) is 8.33.